The molecule has 9 heteroatoms. The quantitative estimate of drug-likeness (QED) is 0.723. The van der Waals surface area contributed by atoms with Crippen LogP contribution in [0.1, 0.15) is 32.3 Å². The van der Waals surface area contributed by atoms with E-state index >= 15 is 0 Å². The number of benzene rings is 2. The summed E-state index contributed by atoms with van der Waals surface area (Å²) >= 11 is 0. The number of hydrogen-bond donors (Lipinski definition) is 2. The number of carbonyl (C=O) groups is 3. The van der Waals surface area contributed by atoms with E-state index in [1.54, 1.807) is 18.2 Å². The Labute approximate surface area is 179 Å². The van der Waals surface area contributed by atoms with Gasteiger partial charge in [0.25, 0.3) is 11.8 Å². The van der Waals surface area contributed by atoms with Crippen LogP contribution in [0.5, 0.6) is 0 Å². The van der Waals surface area contributed by atoms with E-state index in [0.29, 0.717) is 24.3 Å². The summed E-state index contributed by atoms with van der Waals surface area (Å²) in [7, 11) is 1.43. The van der Waals surface area contributed by atoms with Gasteiger partial charge in [-0.25, -0.2) is 4.39 Å². The van der Waals surface area contributed by atoms with Crippen molar-refractivity contribution >= 4 is 35.8 Å². The lowest BCUT2D eigenvalue weighted by atomic mass is 10.0. The van der Waals surface area contributed by atoms with Crippen LogP contribution in [0.15, 0.2) is 42.5 Å². The van der Waals surface area contributed by atoms with Crippen LogP contribution in [0.2, 0.25) is 0 Å². The molecule has 158 valence electrons. The van der Waals surface area contributed by atoms with E-state index in [9.17, 15) is 18.8 Å². The van der Waals surface area contributed by atoms with Crippen LogP contribution in [-0.4, -0.2) is 60.7 Å². The second kappa shape index (κ2) is 8.91. The van der Waals surface area contributed by atoms with Crippen molar-refractivity contribution in [1.82, 2.24) is 15.1 Å². The number of rotatable bonds is 4. The molecule has 1 fully saturated rings. The van der Waals surface area contributed by atoms with Gasteiger partial charge in [0.05, 0.1) is 17.7 Å². The van der Waals surface area contributed by atoms with Crippen molar-refractivity contribution in [2.24, 2.45) is 0 Å². The lowest BCUT2D eigenvalue weighted by Gasteiger charge is -2.36. The van der Waals surface area contributed by atoms with Gasteiger partial charge in [-0.3, -0.25) is 24.2 Å². The average molecular weight is 433 g/mol. The van der Waals surface area contributed by atoms with E-state index in [0.717, 1.165) is 17.0 Å². The Hall–Kier alpha value is -2.81. The van der Waals surface area contributed by atoms with Crippen molar-refractivity contribution in [1.29, 1.82) is 0 Å². The molecule has 2 heterocycles. The Balaban J connectivity index is 0.00000256. The highest BCUT2D eigenvalue weighted by Gasteiger charge is 2.33. The predicted molar refractivity (Wildman–Crippen MR) is 112 cm³/mol. The van der Waals surface area contributed by atoms with Gasteiger partial charge in [0.2, 0.25) is 5.91 Å². The highest BCUT2D eigenvalue weighted by Crippen LogP contribution is 2.26. The Bertz CT molecular complexity index is 1000. The highest BCUT2D eigenvalue weighted by molar-refractivity contribution is 6.21. The van der Waals surface area contributed by atoms with Gasteiger partial charge in [0, 0.05) is 38.4 Å². The topological polar surface area (TPSA) is 81.8 Å². The molecule has 30 heavy (non-hydrogen) atoms. The summed E-state index contributed by atoms with van der Waals surface area (Å²) in [4.78, 5) is 39.8. The maximum Gasteiger partial charge on any atom is 0.261 e. The third-order valence-electron chi connectivity index (χ3n) is 5.31. The first kappa shape index (κ1) is 21.9. The molecule has 2 aromatic carbocycles. The molecular weight excluding hydrogens is 411 g/mol. The van der Waals surface area contributed by atoms with Gasteiger partial charge in [-0.15, -0.1) is 12.4 Å². The van der Waals surface area contributed by atoms with E-state index in [4.69, 9.17) is 0 Å². The molecule has 2 aliphatic rings. The van der Waals surface area contributed by atoms with Gasteiger partial charge in [-0.1, -0.05) is 12.1 Å². The van der Waals surface area contributed by atoms with Gasteiger partial charge in [-0.05, 0) is 35.9 Å². The smallest absolute Gasteiger partial charge is 0.261 e. The van der Waals surface area contributed by atoms with Crippen molar-refractivity contribution in [3.63, 3.8) is 0 Å². The van der Waals surface area contributed by atoms with Crippen LogP contribution in [0.3, 0.4) is 0 Å². The first-order valence-electron chi connectivity index (χ1n) is 9.40. The maximum absolute atomic E-state index is 13.6. The van der Waals surface area contributed by atoms with E-state index < -0.39 is 0 Å². The van der Waals surface area contributed by atoms with Gasteiger partial charge in [0.1, 0.15) is 5.82 Å². The summed E-state index contributed by atoms with van der Waals surface area (Å²) in [6.45, 7) is 2.14. The number of imide groups is 1. The third kappa shape index (κ3) is 4.21. The number of nitrogens with zero attached hydrogens (tertiary/aromatic N) is 2. The van der Waals surface area contributed by atoms with Crippen molar-refractivity contribution < 1.29 is 18.8 Å². The van der Waals surface area contributed by atoms with Crippen LogP contribution in [0, 0.1) is 5.82 Å². The number of amides is 3. The first-order chi connectivity index (χ1) is 13.9. The number of halogens is 2. The summed E-state index contributed by atoms with van der Waals surface area (Å²) < 4.78 is 13.6. The third-order valence-corrected chi connectivity index (χ3v) is 5.31. The molecule has 0 aromatic heterocycles. The standard InChI is InChI=1S/C21H21FN4O3.ClH/c1-25-20(28)16-6-5-15(10-17(16)21(25)29)24-19(27)12-26-8-7-23-11-18(26)13-3-2-4-14(22)9-13;/h2-6,9-10,18,23H,7-8,11-12H2,1H3,(H,24,27);1H. The molecule has 0 saturated carbocycles. The van der Waals surface area contributed by atoms with Crippen molar-refractivity contribution in [2.45, 2.75) is 6.04 Å². The number of fused-ring (bicyclic) bond motifs is 1. The minimum Gasteiger partial charge on any atom is -0.325 e. The minimum absolute atomic E-state index is 0. The lowest BCUT2D eigenvalue weighted by Crippen LogP contribution is -2.48. The monoisotopic (exact) mass is 432 g/mol. The Morgan fingerprint density at radius 1 is 1.17 bits per heavy atom. The zero-order valence-electron chi connectivity index (χ0n) is 16.4. The second-order valence-electron chi connectivity index (χ2n) is 7.22. The normalized spacial score (nSPS) is 18.7. The number of anilines is 1. The molecule has 4 rings (SSSR count). The van der Waals surface area contributed by atoms with E-state index in [1.807, 2.05) is 11.0 Å². The molecule has 1 saturated heterocycles. The number of hydrogen-bond acceptors (Lipinski definition) is 5. The summed E-state index contributed by atoms with van der Waals surface area (Å²) in [6.07, 6.45) is 0. The fourth-order valence-corrected chi connectivity index (χ4v) is 3.80. The fourth-order valence-electron chi connectivity index (χ4n) is 3.80. The molecule has 3 amide bonds. The molecule has 2 N–H and O–H groups in total. The average Bonchev–Trinajstić information content (AvgIpc) is 2.92. The Kier molecular flexibility index (Phi) is 6.50. The molecule has 2 aliphatic heterocycles. The Morgan fingerprint density at radius 2 is 1.93 bits per heavy atom. The molecule has 2 aromatic rings. The SMILES string of the molecule is CN1C(=O)c2ccc(NC(=O)CN3CCNCC3c3cccc(F)c3)cc2C1=O.Cl. The first-order valence-corrected chi connectivity index (χ1v) is 9.40. The van der Waals surface area contributed by atoms with Crippen LogP contribution in [0.4, 0.5) is 10.1 Å². The second-order valence-corrected chi connectivity index (χ2v) is 7.22. The molecule has 0 bridgehead atoms. The summed E-state index contributed by atoms with van der Waals surface area (Å²) in [5, 5.41) is 6.07. The van der Waals surface area contributed by atoms with Gasteiger partial charge < -0.3 is 10.6 Å². The van der Waals surface area contributed by atoms with E-state index in [2.05, 4.69) is 10.6 Å². The van der Waals surface area contributed by atoms with Crippen LogP contribution >= 0.6 is 12.4 Å². The summed E-state index contributed by atoms with van der Waals surface area (Å²) in [6, 6.07) is 11.0. The van der Waals surface area contributed by atoms with Crippen LogP contribution in [0.25, 0.3) is 0 Å². The van der Waals surface area contributed by atoms with E-state index in [1.165, 1.54) is 25.2 Å². The number of carbonyl (C=O) groups excluding carboxylic acids is 3. The van der Waals surface area contributed by atoms with Crippen molar-refractivity contribution in [3.05, 3.63) is 65.0 Å². The molecule has 0 aliphatic carbocycles. The largest absolute Gasteiger partial charge is 0.325 e. The van der Waals surface area contributed by atoms with Crippen LogP contribution in [-0.2, 0) is 4.79 Å². The summed E-state index contributed by atoms with van der Waals surface area (Å²) in [5.41, 5.74) is 1.90. The van der Waals surface area contributed by atoms with Gasteiger partial charge in [0.15, 0.2) is 0 Å². The maximum atomic E-state index is 13.6. The molecule has 0 spiro atoms. The van der Waals surface area contributed by atoms with Crippen molar-refractivity contribution in [3.8, 4) is 0 Å². The molecule has 1 atom stereocenters. The minimum atomic E-state index is -0.380. The number of piperazine rings is 1. The van der Waals surface area contributed by atoms with Gasteiger partial charge in [-0.2, -0.15) is 0 Å². The zero-order chi connectivity index (χ0) is 20.5. The summed E-state index contributed by atoms with van der Waals surface area (Å²) in [5.74, 6) is -1.27. The molecule has 0 radical (unpaired) electrons. The predicted octanol–water partition coefficient (Wildman–Crippen LogP) is 2.06. The Morgan fingerprint density at radius 3 is 2.70 bits per heavy atom. The van der Waals surface area contributed by atoms with Crippen LogP contribution < -0.4 is 10.6 Å². The van der Waals surface area contributed by atoms with E-state index in [-0.39, 0.29) is 54.1 Å². The van der Waals surface area contributed by atoms with Crippen molar-refractivity contribution in [2.75, 3.05) is 38.5 Å². The molecule has 7 nitrogen and oxygen atoms in total. The lowest BCUT2D eigenvalue weighted by molar-refractivity contribution is -0.118. The fraction of sp³-hybridized carbons (Fsp3) is 0.286. The highest BCUT2D eigenvalue weighted by atomic mass is 35.5. The number of nitrogens with one attached hydrogen (secondary N) is 2. The molecular formula is C21H22ClFN4O3. The zero-order valence-corrected chi connectivity index (χ0v) is 17.2. The molecule has 1 unspecified atom stereocenters. The van der Waals surface area contributed by atoms with Gasteiger partial charge >= 0.3 is 0 Å².